The maximum Gasteiger partial charge on any atom is 0.252 e. The number of para-hydroxylation sites is 1. The summed E-state index contributed by atoms with van der Waals surface area (Å²) in [5.41, 5.74) is 5.37. The van der Waals surface area contributed by atoms with Crippen molar-refractivity contribution in [2.24, 2.45) is 5.73 Å². The molecular weight excluding hydrogens is 292 g/mol. The van der Waals surface area contributed by atoms with Gasteiger partial charge in [-0.15, -0.1) is 0 Å². The van der Waals surface area contributed by atoms with E-state index in [0.717, 1.165) is 0 Å². The Morgan fingerprint density at radius 1 is 1.58 bits per heavy atom. The third-order valence-electron chi connectivity index (χ3n) is 1.31. The van der Waals surface area contributed by atoms with E-state index in [1.165, 1.54) is 0 Å². The molecule has 3 nitrogen and oxygen atoms in total. The van der Waals surface area contributed by atoms with Crippen molar-refractivity contribution < 1.29 is 7.86 Å². The highest BCUT2D eigenvalue weighted by molar-refractivity contribution is 14.1. The third-order valence-corrected chi connectivity index (χ3v) is 2.05. The van der Waals surface area contributed by atoms with Crippen LogP contribution in [0.2, 0.25) is 5.02 Å². The number of carbonyl (C=O) groups excluding carboxylic acids is 1. The Bertz CT molecular complexity index is 316. The number of nitrogens with two attached hydrogens (primary N) is 1. The van der Waals surface area contributed by atoms with Crippen molar-refractivity contribution in [2.45, 2.75) is 0 Å². The molecule has 64 valence electrons. The quantitative estimate of drug-likeness (QED) is 0.851. The first kappa shape index (κ1) is 9.60. The number of halogens is 2. The van der Waals surface area contributed by atoms with E-state index in [-0.39, 0.29) is 5.56 Å². The van der Waals surface area contributed by atoms with Gasteiger partial charge in [0, 0.05) is 0 Å². The lowest BCUT2D eigenvalue weighted by Crippen LogP contribution is -2.11. The zero-order valence-electron chi connectivity index (χ0n) is 5.88. The molecule has 5 heteroatoms. The van der Waals surface area contributed by atoms with Gasteiger partial charge in [0.2, 0.25) is 0 Å². The Balaban J connectivity index is 3.27. The Morgan fingerprint density at radius 2 is 2.25 bits per heavy atom. The number of primary amides is 1. The molecule has 0 aromatic heterocycles. The molecule has 12 heavy (non-hydrogen) atoms. The minimum atomic E-state index is -0.552. The molecule has 1 rings (SSSR count). The Morgan fingerprint density at radius 3 is 2.67 bits per heavy atom. The van der Waals surface area contributed by atoms with Gasteiger partial charge in [-0.3, -0.25) is 4.79 Å². The fourth-order valence-electron chi connectivity index (χ4n) is 0.781. The maximum absolute atomic E-state index is 10.8. The minimum absolute atomic E-state index is 0.289. The molecule has 0 bridgehead atoms. The molecule has 0 aliphatic rings. The highest BCUT2D eigenvalue weighted by Crippen LogP contribution is 2.29. The topological polar surface area (TPSA) is 52.3 Å². The van der Waals surface area contributed by atoms with Crippen LogP contribution in [0.25, 0.3) is 0 Å². The summed E-state index contributed by atoms with van der Waals surface area (Å²) in [6.07, 6.45) is 0. The van der Waals surface area contributed by atoms with Gasteiger partial charge in [-0.1, -0.05) is 17.7 Å². The van der Waals surface area contributed by atoms with E-state index in [9.17, 15) is 4.79 Å². The van der Waals surface area contributed by atoms with Crippen LogP contribution in [0.15, 0.2) is 18.2 Å². The zero-order valence-corrected chi connectivity index (χ0v) is 8.80. The maximum atomic E-state index is 10.8. The Hall–Kier alpha value is -0.490. The number of benzene rings is 1. The van der Waals surface area contributed by atoms with Gasteiger partial charge in [0.1, 0.15) is 0 Å². The summed E-state index contributed by atoms with van der Waals surface area (Å²) in [4.78, 5) is 10.8. The van der Waals surface area contributed by atoms with E-state index in [2.05, 4.69) is 0 Å². The molecule has 1 aromatic carbocycles. The SMILES string of the molecule is NC(=O)c1cccc(Cl)c1OI. The molecule has 0 spiro atoms. The number of carbonyl (C=O) groups is 1. The third kappa shape index (κ3) is 1.81. The summed E-state index contributed by atoms with van der Waals surface area (Å²) in [6, 6.07) is 4.83. The van der Waals surface area contributed by atoms with Crippen molar-refractivity contribution in [3.8, 4) is 5.75 Å². The van der Waals surface area contributed by atoms with Gasteiger partial charge in [0.15, 0.2) is 28.8 Å². The highest BCUT2D eigenvalue weighted by atomic mass is 127. The summed E-state index contributed by atoms with van der Waals surface area (Å²) in [6.45, 7) is 0. The van der Waals surface area contributed by atoms with Crippen molar-refractivity contribution in [3.63, 3.8) is 0 Å². The van der Waals surface area contributed by atoms with Crippen LogP contribution < -0.4 is 8.80 Å². The van der Waals surface area contributed by atoms with Gasteiger partial charge in [0.25, 0.3) is 5.91 Å². The van der Waals surface area contributed by atoms with Gasteiger partial charge in [-0.2, -0.15) is 0 Å². The molecule has 2 N–H and O–H groups in total. The molecule has 0 saturated heterocycles. The smallest absolute Gasteiger partial charge is 0.252 e. The van der Waals surface area contributed by atoms with Gasteiger partial charge in [0.05, 0.1) is 10.6 Å². The van der Waals surface area contributed by atoms with Gasteiger partial charge < -0.3 is 8.80 Å². The molecular formula is C7H5ClINO2. The molecule has 1 aromatic rings. The van der Waals surface area contributed by atoms with E-state index in [1.54, 1.807) is 41.2 Å². The van der Waals surface area contributed by atoms with E-state index >= 15 is 0 Å². The second-order valence-electron chi connectivity index (χ2n) is 2.06. The van der Waals surface area contributed by atoms with Gasteiger partial charge in [-0.05, 0) is 12.1 Å². The number of rotatable bonds is 2. The second-order valence-corrected chi connectivity index (χ2v) is 2.91. The molecule has 0 atom stereocenters. The Kier molecular flexibility index (Phi) is 3.16. The molecule has 0 unspecified atom stereocenters. The van der Waals surface area contributed by atoms with Crippen LogP contribution in [0.5, 0.6) is 5.75 Å². The first-order valence-electron chi connectivity index (χ1n) is 3.03. The van der Waals surface area contributed by atoms with Crippen LogP contribution in [0.1, 0.15) is 10.4 Å². The standard InChI is InChI=1S/C7H5ClINO2/c8-5-3-1-2-4(7(10)11)6(5)12-9/h1-3H,(H2,10,11). The van der Waals surface area contributed by atoms with Crippen molar-refractivity contribution in [1.29, 1.82) is 0 Å². The second kappa shape index (κ2) is 3.95. The molecule has 0 saturated carbocycles. The number of hydrogen-bond donors (Lipinski definition) is 1. The van der Waals surface area contributed by atoms with Crippen LogP contribution >= 0.6 is 34.6 Å². The van der Waals surface area contributed by atoms with Crippen LogP contribution in [0.4, 0.5) is 0 Å². The summed E-state index contributed by atoms with van der Waals surface area (Å²) in [5.74, 6) is -0.239. The molecule has 0 aliphatic carbocycles. The lowest BCUT2D eigenvalue weighted by molar-refractivity contribution is 0.0999. The summed E-state index contributed by atoms with van der Waals surface area (Å²) in [7, 11) is 0. The highest BCUT2D eigenvalue weighted by Gasteiger charge is 2.11. The lowest BCUT2D eigenvalue weighted by atomic mass is 10.2. The van der Waals surface area contributed by atoms with Crippen molar-refractivity contribution >= 4 is 40.5 Å². The first-order chi connectivity index (χ1) is 5.66. The fourth-order valence-corrected chi connectivity index (χ4v) is 1.60. The fraction of sp³-hybridized carbons (Fsp3) is 0. The van der Waals surface area contributed by atoms with Crippen LogP contribution in [0, 0.1) is 0 Å². The molecule has 0 radical (unpaired) electrons. The monoisotopic (exact) mass is 297 g/mol. The van der Waals surface area contributed by atoms with Gasteiger partial charge in [-0.25, -0.2) is 0 Å². The molecule has 0 heterocycles. The van der Waals surface area contributed by atoms with E-state index in [0.29, 0.717) is 10.8 Å². The summed E-state index contributed by atoms with van der Waals surface area (Å²) >= 11 is 7.38. The average molecular weight is 297 g/mol. The summed E-state index contributed by atoms with van der Waals surface area (Å²) in [5, 5.41) is 0.376. The van der Waals surface area contributed by atoms with Crippen molar-refractivity contribution in [2.75, 3.05) is 0 Å². The van der Waals surface area contributed by atoms with Crippen LogP contribution in [-0.4, -0.2) is 5.91 Å². The Labute approximate surface area is 88.5 Å². The predicted molar refractivity (Wildman–Crippen MR) is 54.6 cm³/mol. The molecule has 0 fully saturated rings. The average Bonchev–Trinajstić information content (AvgIpc) is 2.03. The normalized spacial score (nSPS) is 9.50. The van der Waals surface area contributed by atoms with Crippen LogP contribution in [0.3, 0.4) is 0 Å². The zero-order chi connectivity index (χ0) is 9.14. The van der Waals surface area contributed by atoms with E-state index in [4.69, 9.17) is 20.4 Å². The predicted octanol–water partition coefficient (Wildman–Crippen LogP) is 2.17. The first-order valence-corrected chi connectivity index (χ1v) is 4.29. The van der Waals surface area contributed by atoms with Crippen molar-refractivity contribution in [3.05, 3.63) is 28.8 Å². The molecule has 1 amide bonds. The van der Waals surface area contributed by atoms with E-state index < -0.39 is 5.91 Å². The lowest BCUT2D eigenvalue weighted by Gasteiger charge is -2.03. The van der Waals surface area contributed by atoms with Crippen LogP contribution in [-0.2, 0) is 0 Å². The van der Waals surface area contributed by atoms with E-state index in [1.807, 2.05) is 0 Å². The summed E-state index contributed by atoms with van der Waals surface area (Å²) < 4.78 is 4.87. The van der Waals surface area contributed by atoms with Gasteiger partial charge >= 0.3 is 0 Å². The number of hydrogen-bond acceptors (Lipinski definition) is 2. The molecule has 0 aliphatic heterocycles. The minimum Gasteiger partial charge on any atom is -0.425 e. The largest absolute Gasteiger partial charge is 0.425 e. The van der Waals surface area contributed by atoms with Crippen molar-refractivity contribution in [1.82, 2.24) is 0 Å². The number of amides is 1.